The largest absolute Gasteiger partial charge is 0.316 e. The number of fused-ring (bicyclic) bond motifs is 1. The molecule has 4 heteroatoms. The Balaban J connectivity index is 1.50. The van der Waals surface area contributed by atoms with Crippen LogP contribution in [0.1, 0.15) is 59.6 Å². The number of rotatable bonds is 3. The molecule has 2 aliphatic carbocycles. The molecule has 1 N–H and O–H groups in total. The van der Waals surface area contributed by atoms with Crippen molar-refractivity contribution in [1.82, 2.24) is 0 Å². The summed E-state index contributed by atoms with van der Waals surface area (Å²) in [5.41, 5.74) is 3.15. The molecule has 0 bridgehead atoms. The van der Waals surface area contributed by atoms with Crippen molar-refractivity contribution in [2.75, 3.05) is 5.32 Å². The molecule has 1 aromatic heterocycles. The number of hydrogen-bond acceptors (Lipinski definition) is 3. The molecule has 1 aromatic carbocycles. The lowest BCUT2D eigenvalue weighted by atomic mass is 9.97. The maximum Gasteiger partial charge on any atom is 0.228 e. The predicted octanol–water partition coefficient (Wildman–Crippen LogP) is 5.02. The number of nitriles is 1. The number of aryl methyl sites for hydroxylation is 1. The van der Waals surface area contributed by atoms with E-state index in [0.717, 1.165) is 30.7 Å². The summed E-state index contributed by atoms with van der Waals surface area (Å²) >= 11 is 1.63. The molecule has 2 atom stereocenters. The van der Waals surface area contributed by atoms with E-state index in [2.05, 4.69) is 23.5 Å². The molecule has 1 saturated carbocycles. The van der Waals surface area contributed by atoms with Crippen molar-refractivity contribution < 1.29 is 4.79 Å². The molecule has 1 heterocycles. The minimum Gasteiger partial charge on any atom is -0.316 e. The number of nitrogens with zero attached hydrogens (tertiary/aromatic N) is 1. The molecule has 25 heavy (non-hydrogen) atoms. The number of anilines is 1. The van der Waals surface area contributed by atoms with Crippen LogP contribution in [0.2, 0.25) is 0 Å². The van der Waals surface area contributed by atoms with Gasteiger partial charge in [0.25, 0.3) is 0 Å². The minimum absolute atomic E-state index is 0.0404. The topological polar surface area (TPSA) is 52.9 Å². The number of hydrogen-bond donors (Lipinski definition) is 1. The van der Waals surface area contributed by atoms with Crippen molar-refractivity contribution in [3.63, 3.8) is 0 Å². The molecule has 2 aliphatic rings. The van der Waals surface area contributed by atoms with Crippen LogP contribution in [0, 0.1) is 17.2 Å². The van der Waals surface area contributed by atoms with Crippen molar-refractivity contribution in [1.29, 1.82) is 5.26 Å². The van der Waals surface area contributed by atoms with E-state index in [9.17, 15) is 10.1 Å². The second kappa shape index (κ2) is 7.01. The Kier molecular flexibility index (Phi) is 4.59. The Labute approximate surface area is 152 Å². The molecule has 1 fully saturated rings. The van der Waals surface area contributed by atoms with Gasteiger partial charge in [0, 0.05) is 10.8 Å². The van der Waals surface area contributed by atoms with Crippen LogP contribution >= 0.6 is 11.3 Å². The Morgan fingerprint density at radius 1 is 1.12 bits per heavy atom. The smallest absolute Gasteiger partial charge is 0.228 e. The molecule has 1 amide bonds. The highest BCUT2D eigenvalue weighted by atomic mass is 32.1. The zero-order valence-corrected chi connectivity index (χ0v) is 15.1. The molecule has 2 unspecified atom stereocenters. The third-order valence-corrected chi connectivity index (χ3v) is 6.58. The number of nitrogens with one attached hydrogen (secondary N) is 1. The van der Waals surface area contributed by atoms with E-state index in [1.807, 2.05) is 18.2 Å². The zero-order chi connectivity index (χ0) is 17.2. The van der Waals surface area contributed by atoms with Crippen LogP contribution in [-0.2, 0) is 17.6 Å². The highest BCUT2D eigenvalue weighted by Crippen LogP contribution is 2.48. The van der Waals surface area contributed by atoms with Crippen molar-refractivity contribution in [2.24, 2.45) is 5.92 Å². The first kappa shape index (κ1) is 16.4. The van der Waals surface area contributed by atoms with Gasteiger partial charge in [0.05, 0.1) is 5.56 Å². The van der Waals surface area contributed by atoms with Crippen molar-refractivity contribution >= 4 is 22.2 Å². The Morgan fingerprint density at radius 3 is 2.64 bits per heavy atom. The summed E-state index contributed by atoms with van der Waals surface area (Å²) in [5, 5.41) is 13.5. The van der Waals surface area contributed by atoms with Gasteiger partial charge < -0.3 is 5.32 Å². The minimum atomic E-state index is 0.0404. The number of thiophene rings is 1. The average Bonchev–Trinajstić information content (AvgIpc) is 3.35. The predicted molar refractivity (Wildman–Crippen MR) is 101 cm³/mol. The molecule has 0 saturated heterocycles. The van der Waals surface area contributed by atoms with Crippen LogP contribution in [-0.4, -0.2) is 5.91 Å². The molecule has 4 rings (SSSR count). The summed E-state index contributed by atoms with van der Waals surface area (Å²) < 4.78 is 0. The van der Waals surface area contributed by atoms with Crippen LogP contribution in [0.4, 0.5) is 5.00 Å². The second-order valence-corrected chi connectivity index (χ2v) is 8.19. The van der Waals surface area contributed by atoms with Gasteiger partial charge in [-0.3, -0.25) is 4.79 Å². The second-order valence-electron chi connectivity index (χ2n) is 7.08. The summed E-state index contributed by atoms with van der Waals surface area (Å²) in [6.07, 6.45) is 7.75. The van der Waals surface area contributed by atoms with E-state index in [0.29, 0.717) is 11.5 Å². The first-order chi connectivity index (χ1) is 12.3. The van der Waals surface area contributed by atoms with Crippen LogP contribution in [0.25, 0.3) is 0 Å². The molecule has 3 nitrogen and oxygen atoms in total. The molecule has 0 radical (unpaired) electrons. The highest BCUT2D eigenvalue weighted by molar-refractivity contribution is 7.16. The summed E-state index contributed by atoms with van der Waals surface area (Å²) in [7, 11) is 0. The van der Waals surface area contributed by atoms with Gasteiger partial charge in [-0.15, -0.1) is 11.3 Å². The lowest BCUT2D eigenvalue weighted by Crippen LogP contribution is -2.14. The molecule has 2 aromatic rings. The maximum absolute atomic E-state index is 12.7. The van der Waals surface area contributed by atoms with Gasteiger partial charge >= 0.3 is 0 Å². The lowest BCUT2D eigenvalue weighted by Gasteiger charge is -2.08. The third kappa shape index (κ3) is 3.34. The van der Waals surface area contributed by atoms with E-state index >= 15 is 0 Å². The van der Waals surface area contributed by atoms with Gasteiger partial charge in [0.1, 0.15) is 11.1 Å². The van der Waals surface area contributed by atoms with Gasteiger partial charge in [-0.05, 0) is 49.1 Å². The number of carbonyl (C=O) groups is 1. The average molecular weight is 350 g/mol. The van der Waals surface area contributed by atoms with E-state index in [-0.39, 0.29) is 11.8 Å². The zero-order valence-electron chi connectivity index (χ0n) is 14.3. The highest BCUT2D eigenvalue weighted by Gasteiger charge is 2.44. The van der Waals surface area contributed by atoms with Crippen LogP contribution in [0.15, 0.2) is 30.3 Å². The fourth-order valence-corrected chi connectivity index (χ4v) is 5.13. The number of benzene rings is 1. The SMILES string of the molecule is N#Cc1c(NC(=O)C2CC2c2ccccc2)sc2c1CCCCCC2. The van der Waals surface area contributed by atoms with Crippen molar-refractivity contribution in [2.45, 2.75) is 50.9 Å². The molecular weight excluding hydrogens is 328 g/mol. The quantitative estimate of drug-likeness (QED) is 0.845. The number of carbonyl (C=O) groups excluding carboxylic acids is 1. The number of amides is 1. The third-order valence-electron chi connectivity index (χ3n) is 5.37. The maximum atomic E-state index is 12.7. The molecule has 128 valence electrons. The van der Waals surface area contributed by atoms with Crippen LogP contribution < -0.4 is 5.32 Å². The van der Waals surface area contributed by atoms with Gasteiger partial charge in [0.2, 0.25) is 5.91 Å². The monoisotopic (exact) mass is 350 g/mol. The molecular formula is C21H22N2OS. The molecule has 0 spiro atoms. The Bertz CT molecular complexity index is 818. The first-order valence-corrected chi connectivity index (χ1v) is 10.00. The van der Waals surface area contributed by atoms with Gasteiger partial charge in [-0.1, -0.05) is 43.2 Å². The standard InChI is InChI=1S/C21H22N2OS/c22-13-18-15-10-6-1-2-7-11-19(15)25-21(18)23-20(24)17-12-16(17)14-8-4-3-5-9-14/h3-5,8-9,16-17H,1-2,6-7,10-12H2,(H,23,24). The van der Waals surface area contributed by atoms with E-state index in [1.54, 1.807) is 11.3 Å². The Morgan fingerprint density at radius 2 is 1.88 bits per heavy atom. The summed E-state index contributed by atoms with van der Waals surface area (Å²) in [6.45, 7) is 0. The van der Waals surface area contributed by atoms with Gasteiger partial charge in [-0.2, -0.15) is 5.26 Å². The van der Waals surface area contributed by atoms with Crippen LogP contribution in [0.5, 0.6) is 0 Å². The Hall–Kier alpha value is -2.12. The summed E-state index contributed by atoms with van der Waals surface area (Å²) in [4.78, 5) is 14.0. The van der Waals surface area contributed by atoms with E-state index < -0.39 is 0 Å². The van der Waals surface area contributed by atoms with Gasteiger partial charge in [-0.25, -0.2) is 0 Å². The van der Waals surface area contributed by atoms with Crippen LogP contribution in [0.3, 0.4) is 0 Å². The van der Waals surface area contributed by atoms with Crippen molar-refractivity contribution in [3.05, 3.63) is 51.9 Å². The lowest BCUT2D eigenvalue weighted by molar-refractivity contribution is -0.117. The fraction of sp³-hybridized carbons (Fsp3) is 0.429. The normalized spacial score (nSPS) is 22.2. The summed E-state index contributed by atoms with van der Waals surface area (Å²) in [5.74, 6) is 0.436. The molecule has 0 aliphatic heterocycles. The van der Waals surface area contributed by atoms with E-state index in [4.69, 9.17) is 0 Å². The fourth-order valence-electron chi connectivity index (χ4n) is 3.88. The summed E-state index contributed by atoms with van der Waals surface area (Å²) in [6, 6.07) is 12.6. The van der Waals surface area contributed by atoms with Crippen molar-refractivity contribution in [3.8, 4) is 6.07 Å². The van der Waals surface area contributed by atoms with E-state index in [1.165, 1.54) is 35.3 Å². The van der Waals surface area contributed by atoms with Gasteiger partial charge in [0.15, 0.2) is 0 Å². The first-order valence-electron chi connectivity index (χ1n) is 9.18.